The minimum Gasteiger partial charge on any atom is -0.301 e. The fourth-order valence-corrected chi connectivity index (χ4v) is 4.02. The van der Waals surface area contributed by atoms with Crippen LogP contribution in [-0.2, 0) is 12.5 Å². The van der Waals surface area contributed by atoms with Crippen LogP contribution >= 0.6 is 0 Å². The molecule has 2 aromatic heterocycles. The highest BCUT2D eigenvalue weighted by Crippen LogP contribution is 2.28. The van der Waals surface area contributed by atoms with Crippen molar-refractivity contribution < 1.29 is 0 Å². The third-order valence-corrected chi connectivity index (χ3v) is 6.26. The van der Waals surface area contributed by atoms with Crippen molar-refractivity contribution in [2.24, 2.45) is 7.05 Å². The zero-order valence-electron chi connectivity index (χ0n) is 20.5. The van der Waals surface area contributed by atoms with Crippen molar-refractivity contribution in [1.82, 2.24) is 14.1 Å². The van der Waals surface area contributed by atoms with Crippen LogP contribution in [0, 0.1) is 18.3 Å². The zero-order valence-corrected chi connectivity index (χ0v) is 20.5. The number of imidazole rings is 1. The van der Waals surface area contributed by atoms with Gasteiger partial charge in [0, 0.05) is 36.8 Å². The molecule has 0 atom stereocenters. The van der Waals surface area contributed by atoms with Crippen molar-refractivity contribution in [3.63, 3.8) is 0 Å². The summed E-state index contributed by atoms with van der Waals surface area (Å²) < 4.78 is 3.23. The van der Waals surface area contributed by atoms with Gasteiger partial charge < -0.3 is 4.57 Å². The molecule has 4 aromatic rings. The number of aryl methyl sites for hydroxylation is 2. The molecule has 5 heteroatoms. The molecule has 5 nitrogen and oxygen atoms in total. The van der Waals surface area contributed by atoms with E-state index in [1.165, 1.54) is 5.56 Å². The molecule has 0 N–H and O–H groups in total. The second kappa shape index (κ2) is 9.44. The molecule has 0 aliphatic heterocycles. The molecular formula is C30H28N4O. The molecule has 0 spiro atoms. The smallest absolute Gasteiger partial charge is 0.301 e. The highest BCUT2D eigenvalue weighted by Gasteiger charge is 2.20. The summed E-state index contributed by atoms with van der Waals surface area (Å²) in [6.07, 6.45) is 9.29. The van der Waals surface area contributed by atoms with Crippen LogP contribution in [0.15, 0.2) is 90.6 Å². The van der Waals surface area contributed by atoms with Gasteiger partial charge in [-0.05, 0) is 67.3 Å². The number of nitrogens with zero attached hydrogens (tertiary/aromatic N) is 4. The number of hydrogen-bond acceptors (Lipinski definition) is 3. The van der Waals surface area contributed by atoms with E-state index in [9.17, 15) is 10.1 Å². The first-order valence-corrected chi connectivity index (χ1v) is 11.4. The van der Waals surface area contributed by atoms with Crippen LogP contribution in [0.1, 0.15) is 36.1 Å². The molecule has 4 rings (SSSR count). The van der Waals surface area contributed by atoms with Gasteiger partial charge in [0.15, 0.2) is 0 Å². The number of allylic oxidation sites excluding steroid dienone is 2. The summed E-state index contributed by atoms with van der Waals surface area (Å²) in [6, 6.07) is 20.1. The van der Waals surface area contributed by atoms with Gasteiger partial charge in [-0.2, -0.15) is 5.26 Å². The van der Waals surface area contributed by atoms with Crippen molar-refractivity contribution >= 4 is 11.6 Å². The molecule has 0 saturated heterocycles. The number of benzene rings is 2. The SMILES string of the molecule is C=C/C(=C\c1ccccc1C)c1cncc(-c2cn(C)c(=O)n2-c2ccc(C(C)(C)C#N)cc2)c1. The minimum atomic E-state index is -0.605. The van der Waals surface area contributed by atoms with Crippen LogP contribution in [0.25, 0.3) is 28.6 Å². The summed E-state index contributed by atoms with van der Waals surface area (Å²) in [4.78, 5) is 17.6. The van der Waals surface area contributed by atoms with Crippen LogP contribution in [-0.4, -0.2) is 14.1 Å². The minimum absolute atomic E-state index is 0.155. The van der Waals surface area contributed by atoms with Crippen LogP contribution in [0.2, 0.25) is 0 Å². The second-order valence-corrected chi connectivity index (χ2v) is 9.15. The van der Waals surface area contributed by atoms with E-state index in [2.05, 4.69) is 42.8 Å². The van der Waals surface area contributed by atoms with Gasteiger partial charge in [-0.25, -0.2) is 4.79 Å². The average Bonchev–Trinajstić information content (AvgIpc) is 3.17. The Bertz CT molecular complexity index is 1530. The second-order valence-electron chi connectivity index (χ2n) is 9.15. The lowest BCUT2D eigenvalue weighted by Gasteiger charge is -2.16. The van der Waals surface area contributed by atoms with Gasteiger partial charge >= 0.3 is 5.69 Å². The average molecular weight is 461 g/mol. The van der Waals surface area contributed by atoms with Crippen LogP contribution in [0.5, 0.6) is 0 Å². The van der Waals surface area contributed by atoms with Crippen molar-refractivity contribution in [3.8, 4) is 23.0 Å². The number of rotatable bonds is 6. The van der Waals surface area contributed by atoms with Gasteiger partial charge in [-0.3, -0.25) is 9.55 Å². The van der Waals surface area contributed by atoms with Gasteiger partial charge in [-0.1, -0.05) is 49.1 Å². The highest BCUT2D eigenvalue weighted by atomic mass is 16.1. The quantitative estimate of drug-likeness (QED) is 0.328. The van der Waals surface area contributed by atoms with Gasteiger partial charge in [0.05, 0.1) is 22.9 Å². The van der Waals surface area contributed by atoms with Crippen LogP contribution in [0.4, 0.5) is 0 Å². The first kappa shape index (κ1) is 23.7. The van der Waals surface area contributed by atoms with E-state index in [4.69, 9.17) is 0 Å². The molecule has 35 heavy (non-hydrogen) atoms. The van der Waals surface area contributed by atoms with Gasteiger partial charge in [0.25, 0.3) is 0 Å². The summed E-state index contributed by atoms with van der Waals surface area (Å²) in [6.45, 7) is 9.83. The van der Waals surface area contributed by atoms with Crippen molar-refractivity contribution in [2.75, 3.05) is 0 Å². The Balaban J connectivity index is 1.80. The standard InChI is InChI=1S/C30H28N4O/c1-6-22(15-23-10-8-7-9-21(23)2)24-16-25(18-32-17-24)28-19-33(5)29(35)34(28)27-13-11-26(12-14-27)30(3,4)20-31/h6-19H,1H2,2-5H3/b22-15+. The third-order valence-electron chi connectivity index (χ3n) is 6.26. The topological polar surface area (TPSA) is 63.6 Å². The number of pyridine rings is 1. The van der Waals surface area contributed by atoms with E-state index in [0.717, 1.165) is 39.2 Å². The first-order valence-electron chi connectivity index (χ1n) is 11.4. The number of nitriles is 1. The summed E-state index contributed by atoms with van der Waals surface area (Å²) >= 11 is 0. The lowest BCUT2D eigenvalue weighted by atomic mass is 9.86. The lowest BCUT2D eigenvalue weighted by molar-refractivity contribution is 0.686. The van der Waals surface area contributed by atoms with Crippen LogP contribution in [0.3, 0.4) is 0 Å². The van der Waals surface area contributed by atoms with E-state index < -0.39 is 5.41 Å². The van der Waals surface area contributed by atoms with Crippen molar-refractivity contribution in [2.45, 2.75) is 26.2 Å². The van der Waals surface area contributed by atoms with E-state index in [1.54, 1.807) is 28.6 Å². The maximum absolute atomic E-state index is 13.1. The number of aromatic nitrogens is 3. The first-order chi connectivity index (χ1) is 16.7. The zero-order chi connectivity index (χ0) is 25.2. The molecule has 0 saturated carbocycles. The van der Waals surface area contributed by atoms with Crippen LogP contribution < -0.4 is 5.69 Å². The predicted molar refractivity (Wildman–Crippen MR) is 142 cm³/mol. The summed E-state index contributed by atoms with van der Waals surface area (Å²) in [7, 11) is 1.74. The van der Waals surface area contributed by atoms with E-state index in [1.807, 2.05) is 68.6 Å². The fourth-order valence-electron chi connectivity index (χ4n) is 4.02. The Morgan fingerprint density at radius 1 is 1.11 bits per heavy atom. The molecule has 0 bridgehead atoms. The molecular weight excluding hydrogens is 432 g/mol. The molecule has 174 valence electrons. The molecule has 0 aliphatic rings. The van der Waals surface area contributed by atoms with E-state index >= 15 is 0 Å². The fraction of sp³-hybridized carbons (Fsp3) is 0.167. The Hall–Kier alpha value is -4.43. The monoisotopic (exact) mass is 460 g/mol. The van der Waals surface area contributed by atoms with Gasteiger partial charge in [-0.15, -0.1) is 0 Å². The summed E-state index contributed by atoms with van der Waals surface area (Å²) in [5.41, 5.74) is 6.57. The normalized spacial score (nSPS) is 11.8. The summed E-state index contributed by atoms with van der Waals surface area (Å²) in [5.74, 6) is 0. The Morgan fingerprint density at radius 3 is 2.49 bits per heavy atom. The molecule has 0 amide bonds. The molecule has 0 radical (unpaired) electrons. The molecule has 2 heterocycles. The molecule has 0 aliphatic carbocycles. The maximum atomic E-state index is 13.1. The third kappa shape index (κ3) is 4.64. The summed E-state index contributed by atoms with van der Waals surface area (Å²) in [5, 5.41) is 9.45. The van der Waals surface area contributed by atoms with Crippen molar-refractivity contribution in [1.29, 1.82) is 5.26 Å². The van der Waals surface area contributed by atoms with Gasteiger partial charge in [0.1, 0.15) is 0 Å². The Labute approximate surface area is 205 Å². The predicted octanol–water partition coefficient (Wildman–Crippen LogP) is 6.07. The Morgan fingerprint density at radius 2 is 1.83 bits per heavy atom. The Kier molecular flexibility index (Phi) is 6.40. The van der Waals surface area contributed by atoms with Gasteiger partial charge in [0.2, 0.25) is 0 Å². The van der Waals surface area contributed by atoms with E-state index in [0.29, 0.717) is 0 Å². The maximum Gasteiger partial charge on any atom is 0.332 e. The largest absolute Gasteiger partial charge is 0.332 e. The van der Waals surface area contributed by atoms with Crippen molar-refractivity contribution in [3.05, 3.63) is 119 Å². The molecule has 0 fully saturated rings. The molecule has 2 aromatic carbocycles. The highest BCUT2D eigenvalue weighted by molar-refractivity contribution is 5.88. The number of hydrogen-bond donors (Lipinski definition) is 0. The lowest BCUT2D eigenvalue weighted by Crippen LogP contribution is -2.21. The molecule has 0 unspecified atom stereocenters. The van der Waals surface area contributed by atoms with E-state index in [-0.39, 0.29) is 5.69 Å².